The molecular formula is C12H11N3O2S2. The minimum atomic E-state index is -0.119. The zero-order valence-electron chi connectivity index (χ0n) is 10.1. The van der Waals surface area contributed by atoms with E-state index in [-0.39, 0.29) is 11.8 Å². The molecule has 19 heavy (non-hydrogen) atoms. The molecule has 5 nitrogen and oxygen atoms in total. The first-order valence-electron chi connectivity index (χ1n) is 5.47. The summed E-state index contributed by atoms with van der Waals surface area (Å²) >= 11 is 6.31. The monoisotopic (exact) mass is 293 g/mol. The molecule has 7 heteroatoms. The van der Waals surface area contributed by atoms with Crippen LogP contribution >= 0.6 is 24.0 Å². The van der Waals surface area contributed by atoms with Crippen LogP contribution in [-0.2, 0) is 9.59 Å². The highest BCUT2D eigenvalue weighted by atomic mass is 32.2. The molecule has 1 aromatic rings. The van der Waals surface area contributed by atoms with Crippen molar-refractivity contribution in [3.8, 4) is 0 Å². The molecule has 1 heterocycles. The molecule has 0 aromatic heterocycles. The van der Waals surface area contributed by atoms with Crippen LogP contribution in [0, 0.1) is 0 Å². The Morgan fingerprint density at radius 2 is 2.16 bits per heavy atom. The number of carbonyl (C=O) groups excluding carboxylic acids is 2. The van der Waals surface area contributed by atoms with Crippen LogP contribution in [0.1, 0.15) is 12.5 Å². The number of benzene rings is 1. The van der Waals surface area contributed by atoms with E-state index in [0.29, 0.717) is 15.8 Å². The summed E-state index contributed by atoms with van der Waals surface area (Å²) in [6, 6.07) is 7.13. The van der Waals surface area contributed by atoms with Gasteiger partial charge in [-0.3, -0.25) is 9.59 Å². The minimum Gasteiger partial charge on any atom is -0.326 e. The lowest BCUT2D eigenvalue weighted by Gasteiger charge is -2.06. The summed E-state index contributed by atoms with van der Waals surface area (Å²) in [5.74, 6) is 0.116. The zero-order chi connectivity index (χ0) is 13.8. The topological polar surface area (TPSA) is 61.8 Å². The average molecular weight is 293 g/mol. The Morgan fingerprint density at radius 3 is 2.68 bits per heavy atom. The fraction of sp³-hybridized carbons (Fsp3) is 0.167. The predicted molar refractivity (Wildman–Crippen MR) is 80.2 cm³/mol. The first-order valence-corrected chi connectivity index (χ1v) is 6.87. The SMILES string of the molecule is CC(=O)Nc1ccc(C=NN2C(=O)CSC2=S)cc1. The average Bonchev–Trinajstić information content (AvgIpc) is 2.68. The van der Waals surface area contributed by atoms with Gasteiger partial charge in [0.1, 0.15) is 0 Å². The number of hydrogen-bond acceptors (Lipinski definition) is 5. The summed E-state index contributed by atoms with van der Waals surface area (Å²) in [6.07, 6.45) is 1.56. The fourth-order valence-electron chi connectivity index (χ4n) is 1.44. The first-order chi connectivity index (χ1) is 9.06. The van der Waals surface area contributed by atoms with E-state index < -0.39 is 0 Å². The molecule has 0 atom stereocenters. The van der Waals surface area contributed by atoms with Crippen LogP contribution in [0.4, 0.5) is 5.69 Å². The van der Waals surface area contributed by atoms with Gasteiger partial charge < -0.3 is 5.32 Å². The maximum absolute atomic E-state index is 11.4. The molecule has 98 valence electrons. The molecule has 0 saturated carbocycles. The van der Waals surface area contributed by atoms with Gasteiger partial charge in [0.25, 0.3) is 5.91 Å². The van der Waals surface area contributed by atoms with Gasteiger partial charge in [0.2, 0.25) is 5.91 Å². The summed E-state index contributed by atoms with van der Waals surface area (Å²) in [5, 5.41) is 7.95. The van der Waals surface area contributed by atoms with Gasteiger partial charge >= 0.3 is 0 Å². The number of nitrogens with one attached hydrogen (secondary N) is 1. The van der Waals surface area contributed by atoms with Crippen molar-refractivity contribution in [1.82, 2.24) is 5.01 Å². The van der Waals surface area contributed by atoms with Crippen LogP contribution in [0.3, 0.4) is 0 Å². The van der Waals surface area contributed by atoms with Gasteiger partial charge in [-0.25, -0.2) is 0 Å². The molecule has 1 N–H and O–H groups in total. The highest BCUT2D eigenvalue weighted by Crippen LogP contribution is 2.19. The summed E-state index contributed by atoms with van der Waals surface area (Å²) in [5.41, 5.74) is 1.54. The lowest BCUT2D eigenvalue weighted by Crippen LogP contribution is -2.22. The second kappa shape index (κ2) is 5.94. The second-order valence-corrected chi connectivity index (χ2v) is 5.42. The van der Waals surface area contributed by atoms with Crippen molar-refractivity contribution in [3.63, 3.8) is 0 Å². The van der Waals surface area contributed by atoms with E-state index in [2.05, 4.69) is 10.4 Å². The smallest absolute Gasteiger partial charge is 0.259 e. The summed E-state index contributed by atoms with van der Waals surface area (Å²) in [6.45, 7) is 1.45. The first kappa shape index (κ1) is 13.7. The number of rotatable bonds is 3. The Morgan fingerprint density at radius 1 is 1.47 bits per heavy atom. The van der Waals surface area contributed by atoms with E-state index in [1.807, 2.05) is 0 Å². The second-order valence-electron chi connectivity index (χ2n) is 3.81. The van der Waals surface area contributed by atoms with Crippen molar-refractivity contribution in [2.45, 2.75) is 6.92 Å². The standard InChI is InChI=1S/C12H11N3O2S2/c1-8(16)14-10-4-2-9(3-5-10)6-13-15-11(17)7-19-12(15)18/h2-6H,7H2,1H3,(H,14,16). The highest BCUT2D eigenvalue weighted by molar-refractivity contribution is 8.23. The van der Waals surface area contributed by atoms with Crippen LogP contribution in [0.25, 0.3) is 0 Å². The maximum atomic E-state index is 11.4. The van der Waals surface area contributed by atoms with Gasteiger partial charge in [0.15, 0.2) is 4.32 Å². The van der Waals surface area contributed by atoms with E-state index in [4.69, 9.17) is 12.2 Å². The molecule has 2 amide bonds. The van der Waals surface area contributed by atoms with Crippen LogP contribution in [-0.4, -0.2) is 33.1 Å². The molecule has 1 fully saturated rings. The van der Waals surface area contributed by atoms with Crippen molar-refractivity contribution in [1.29, 1.82) is 0 Å². The number of nitrogens with zero attached hydrogens (tertiary/aromatic N) is 2. The Hall–Kier alpha value is -1.73. The molecule has 1 saturated heterocycles. The number of hydrazone groups is 1. The van der Waals surface area contributed by atoms with E-state index in [9.17, 15) is 9.59 Å². The molecule has 2 rings (SSSR count). The number of thioether (sulfide) groups is 1. The number of amides is 2. The largest absolute Gasteiger partial charge is 0.326 e. The van der Waals surface area contributed by atoms with Crippen molar-refractivity contribution in [2.75, 3.05) is 11.1 Å². The van der Waals surface area contributed by atoms with Gasteiger partial charge in [-0.15, -0.1) is 0 Å². The molecule has 0 bridgehead atoms. The van der Waals surface area contributed by atoms with Crippen LogP contribution in [0.15, 0.2) is 29.4 Å². The Kier molecular flexibility index (Phi) is 4.28. The van der Waals surface area contributed by atoms with Crippen molar-refractivity contribution < 1.29 is 9.59 Å². The number of hydrogen-bond donors (Lipinski definition) is 1. The van der Waals surface area contributed by atoms with Gasteiger partial charge in [-0.1, -0.05) is 36.1 Å². The van der Waals surface area contributed by atoms with Crippen LogP contribution < -0.4 is 5.32 Å². The van der Waals surface area contributed by atoms with Gasteiger partial charge in [0, 0.05) is 12.6 Å². The summed E-state index contributed by atoms with van der Waals surface area (Å²) < 4.78 is 0.469. The maximum Gasteiger partial charge on any atom is 0.259 e. The Labute approximate surface area is 120 Å². The molecule has 0 aliphatic carbocycles. The van der Waals surface area contributed by atoms with Crippen molar-refractivity contribution >= 4 is 52.0 Å². The quantitative estimate of drug-likeness (QED) is 0.682. The zero-order valence-corrected chi connectivity index (χ0v) is 11.8. The van der Waals surface area contributed by atoms with E-state index in [1.165, 1.54) is 23.7 Å². The van der Waals surface area contributed by atoms with E-state index in [0.717, 1.165) is 5.56 Å². The third-order valence-corrected chi connectivity index (χ3v) is 3.62. The Balaban J connectivity index is 2.05. The predicted octanol–water partition coefficient (Wildman–Crippen LogP) is 1.84. The third-order valence-electron chi connectivity index (χ3n) is 2.28. The van der Waals surface area contributed by atoms with E-state index in [1.54, 1.807) is 30.5 Å². The third kappa shape index (κ3) is 3.62. The summed E-state index contributed by atoms with van der Waals surface area (Å²) in [7, 11) is 0. The van der Waals surface area contributed by atoms with Crippen molar-refractivity contribution in [2.24, 2.45) is 5.10 Å². The molecular weight excluding hydrogens is 282 g/mol. The van der Waals surface area contributed by atoms with Gasteiger partial charge in [-0.2, -0.15) is 10.1 Å². The number of carbonyl (C=O) groups is 2. The Bertz CT molecular complexity index is 539. The number of anilines is 1. The molecule has 0 unspecified atom stereocenters. The molecule has 0 radical (unpaired) electrons. The van der Waals surface area contributed by atoms with Crippen molar-refractivity contribution in [3.05, 3.63) is 29.8 Å². The normalized spacial score (nSPS) is 15.3. The van der Waals surface area contributed by atoms with Crippen LogP contribution in [0.5, 0.6) is 0 Å². The molecule has 1 aliphatic rings. The summed E-state index contributed by atoms with van der Waals surface area (Å²) in [4.78, 5) is 22.3. The minimum absolute atomic E-state index is 0.110. The molecule has 0 spiro atoms. The molecule has 1 aromatic carbocycles. The highest BCUT2D eigenvalue weighted by Gasteiger charge is 2.25. The lowest BCUT2D eigenvalue weighted by atomic mass is 10.2. The van der Waals surface area contributed by atoms with Gasteiger partial charge in [-0.05, 0) is 17.7 Å². The van der Waals surface area contributed by atoms with E-state index >= 15 is 0 Å². The van der Waals surface area contributed by atoms with Crippen LogP contribution in [0.2, 0.25) is 0 Å². The van der Waals surface area contributed by atoms with Gasteiger partial charge in [0.05, 0.1) is 12.0 Å². The molecule has 1 aliphatic heterocycles. The lowest BCUT2D eigenvalue weighted by molar-refractivity contribution is -0.124. The number of thiocarbonyl (C=S) groups is 1. The fourth-order valence-corrected chi connectivity index (χ4v) is 2.41.